The summed E-state index contributed by atoms with van der Waals surface area (Å²) in [6.07, 6.45) is 9.01. The van der Waals surface area contributed by atoms with Crippen LogP contribution in [-0.4, -0.2) is 18.2 Å². The van der Waals surface area contributed by atoms with Crippen LogP contribution in [0.4, 0.5) is 0 Å². The van der Waals surface area contributed by atoms with Crippen molar-refractivity contribution >= 4 is 34.5 Å². The molecule has 0 heterocycles. The van der Waals surface area contributed by atoms with Crippen molar-refractivity contribution in [2.45, 2.75) is 0 Å². The normalized spacial score (nSPS) is 12.1. The minimum Gasteiger partial charge on any atom is -0.503 e. The molecular weight excluding hydrogens is 336 g/mol. The van der Waals surface area contributed by atoms with Crippen molar-refractivity contribution in [3.05, 3.63) is 102 Å². The first kappa shape index (κ1) is 18.2. The number of ether oxygens (including phenoxy) is 1. The van der Waals surface area contributed by atoms with Crippen LogP contribution in [0.25, 0.3) is 28.5 Å². The van der Waals surface area contributed by atoms with Gasteiger partial charge in [-0.25, -0.2) is 4.79 Å². The van der Waals surface area contributed by atoms with Crippen LogP contribution in [-0.2, 0) is 9.53 Å². The number of allylic oxidation sites excluding steroid dienone is 2. The van der Waals surface area contributed by atoms with E-state index in [4.69, 9.17) is 4.74 Å². The Hall–Kier alpha value is -3.59. The molecule has 0 fully saturated rings. The minimum absolute atomic E-state index is 0.122. The first-order chi connectivity index (χ1) is 13.2. The largest absolute Gasteiger partial charge is 0.503 e. The molecule has 3 rings (SSSR count). The number of aliphatic carboxylic acids is 1. The number of carboxylic acids is 1. The molecule has 0 aromatic heterocycles. The Bertz CT molecular complexity index is 1040. The summed E-state index contributed by atoms with van der Waals surface area (Å²) in [7, 11) is 1.44. The molecule has 0 atom stereocenters. The highest BCUT2D eigenvalue weighted by molar-refractivity contribution is 6.16. The molecule has 0 amide bonds. The van der Waals surface area contributed by atoms with E-state index in [1.54, 1.807) is 6.07 Å². The maximum absolute atomic E-state index is 11.5. The summed E-state index contributed by atoms with van der Waals surface area (Å²) in [6, 6.07) is 21.9. The Kier molecular flexibility index (Phi) is 5.85. The van der Waals surface area contributed by atoms with Gasteiger partial charge in [0.1, 0.15) is 5.57 Å². The van der Waals surface area contributed by atoms with Gasteiger partial charge in [-0.1, -0.05) is 85.0 Å². The smallest absolute Gasteiger partial charge is 0.339 e. The van der Waals surface area contributed by atoms with Gasteiger partial charge < -0.3 is 9.84 Å². The van der Waals surface area contributed by atoms with E-state index >= 15 is 0 Å². The monoisotopic (exact) mass is 356 g/mol. The molecule has 27 heavy (non-hydrogen) atoms. The van der Waals surface area contributed by atoms with E-state index in [1.807, 2.05) is 54.6 Å². The molecule has 134 valence electrons. The molecule has 3 nitrogen and oxygen atoms in total. The lowest BCUT2D eigenvalue weighted by Crippen LogP contribution is -2.02. The van der Waals surface area contributed by atoms with Crippen LogP contribution >= 0.6 is 0 Å². The number of carbonyl (C=O) groups is 1. The van der Waals surface area contributed by atoms with Crippen molar-refractivity contribution in [2.75, 3.05) is 7.11 Å². The van der Waals surface area contributed by atoms with Crippen LogP contribution in [0.15, 0.2) is 85.1 Å². The molecule has 1 N–H and O–H groups in total. The fraction of sp³-hybridized carbons (Fsp3) is 0.0417. The second-order valence-corrected chi connectivity index (χ2v) is 5.98. The quantitative estimate of drug-likeness (QED) is 0.353. The zero-order valence-corrected chi connectivity index (χ0v) is 15.0. The van der Waals surface area contributed by atoms with Crippen LogP contribution in [0, 0.1) is 0 Å². The number of benzene rings is 3. The van der Waals surface area contributed by atoms with Crippen molar-refractivity contribution < 1.29 is 14.6 Å². The molecule has 3 heteroatoms. The number of rotatable bonds is 6. The average Bonchev–Trinajstić information content (AvgIpc) is 2.69. The van der Waals surface area contributed by atoms with Crippen molar-refractivity contribution in [2.24, 2.45) is 0 Å². The number of hydrogen-bond donors (Lipinski definition) is 1. The van der Waals surface area contributed by atoms with Crippen LogP contribution < -0.4 is 0 Å². The lowest BCUT2D eigenvalue weighted by Gasteiger charge is -2.06. The van der Waals surface area contributed by atoms with Crippen molar-refractivity contribution in [3.63, 3.8) is 0 Å². The molecule has 0 saturated heterocycles. The summed E-state index contributed by atoms with van der Waals surface area (Å²) in [4.78, 5) is 11.5. The molecule has 0 radical (unpaired) electrons. The van der Waals surface area contributed by atoms with Crippen molar-refractivity contribution in [1.29, 1.82) is 0 Å². The third-order valence-electron chi connectivity index (χ3n) is 4.17. The summed E-state index contributed by atoms with van der Waals surface area (Å²) in [5, 5.41) is 11.8. The molecule has 0 bridgehead atoms. The molecule has 0 saturated carbocycles. The topological polar surface area (TPSA) is 46.5 Å². The molecule has 0 aliphatic rings. The second kappa shape index (κ2) is 8.68. The first-order valence-corrected chi connectivity index (χ1v) is 8.58. The molecule has 0 aliphatic heterocycles. The number of fused-ring (bicyclic) bond motifs is 1. The SMILES string of the molecule is COC=C(C(=O)O)c1ccccc1C=CC=Cc1ccc2ccccc2c1. The second-order valence-electron chi connectivity index (χ2n) is 5.98. The van der Waals surface area contributed by atoms with Gasteiger partial charge in [-0.15, -0.1) is 0 Å². The van der Waals surface area contributed by atoms with E-state index in [0.717, 1.165) is 11.1 Å². The predicted octanol–water partition coefficient (Wildman–Crippen LogP) is 5.64. The lowest BCUT2D eigenvalue weighted by molar-refractivity contribution is -0.130. The molecule has 0 spiro atoms. The van der Waals surface area contributed by atoms with Crippen LogP contribution in [0.2, 0.25) is 0 Å². The maximum Gasteiger partial charge on any atom is 0.339 e. The van der Waals surface area contributed by atoms with Gasteiger partial charge in [-0.2, -0.15) is 0 Å². The summed E-state index contributed by atoms with van der Waals surface area (Å²) in [5.41, 5.74) is 2.65. The Labute approximate surface area is 158 Å². The summed E-state index contributed by atoms with van der Waals surface area (Å²) in [5.74, 6) is -1.02. The van der Waals surface area contributed by atoms with Gasteiger partial charge in [0.25, 0.3) is 0 Å². The zero-order chi connectivity index (χ0) is 19.1. The summed E-state index contributed by atoms with van der Waals surface area (Å²) < 4.78 is 4.91. The van der Waals surface area contributed by atoms with E-state index in [1.165, 1.54) is 24.1 Å². The molecule has 3 aromatic carbocycles. The Morgan fingerprint density at radius 3 is 2.37 bits per heavy atom. The third-order valence-corrected chi connectivity index (χ3v) is 4.17. The van der Waals surface area contributed by atoms with Crippen LogP contribution in [0.5, 0.6) is 0 Å². The fourth-order valence-electron chi connectivity index (χ4n) is 2.87. The van der Waals surface area contributed by atoms with Gasteiger partial charge in [-0.05, 0) is 33.5 Å². The Morgan fingerprint density at radius 1 is 0.889 bits per heavy atom. The van der Waals surface area contributed by atoms with Gasteiger partial charge in [0.2, 0.25) is 0 Å². The lowest BCUT2D eigenvalue weighted by atomic mass is 10.00. The molecule has 0 unspecified atom stereocenters. The Morgan fingerprint density at radius 2 is 1.59 bits per heavy atom. The van der Waals surface area contributed by atoms with E-state index in [-0.39, 0.29) is 5.57 Å². The van der Waals surface area contributed by atoms with Crippen LogP contribution in [0.3, 0.4) is 0 Å². The van der Waals surface area contributed by atoms with Crippen molar-refractivity contribution in [3.8, 4) is 0 Å². The van der Waals surface area contributed by atoms with Gasteiger partial charge in [0.05, 0.1) is 13.4 Å². The van der Waals surface area contributed by atoms with Crippen LogP contribution in [0.1, 0.15) is 16.7 Å². The summed E-state index contributed by atoms with van der Waals surface area (Å²) in [6.45, 7) is 0. The average molecular weight is 356 g/mol. The Balaban J connectivity index is 1.82. The fourth-order valence-corrected chi connectivity index (χ4v) is 2.87. The zero-order valence-electron chi connectivity index (χ0n) is 15.0. The van der Waals surface area contributed by atoms with E-state index < -0.39 is 5.97 Å². The van der Waals surface area contributed by atoms with Gasteiger partial charge in [0, 0.05) is 0 Å². The third kappa shape index (κ3) is 4.53. The minimum atomic E-state index is -1.02. The highest BCUT2D eigenvalue weighted by Gasteiger charge is 2.13. The van der Waals surface area contributed by atoms with Gasteiger partial charge >= 0.3 is 5.97 Å². The van der Waals surface area contributed by atoms with Crippen molar-refractivity contribution in [1.82, 2.24) is 0 Å². The highest BCUT2D eigenvalue weighted by atomic mass is 16.5. The van der Waals surface area contributed by atoms with E-state index in [9.17, 15) is 9.90 Å². The maximum atomic E-state index is 11.5. The predicted molar refractivity (Wildman–Crippen MR) is 111 cm³/mol. The highest BCUT2D eigenvalue weighted by Crippen LogP contribution is 2.21. The molecule has 0 aliphatic carbocycles. The van der Waals surface area contributed by atoms with E-state index in [2.05, 4.69) is 30.3 Å². The number of carboxylic acid groups (broad SMARTS) is 1. The van der Waals surface area contributed by atoms with Gasteiger partial charge in [0.15, 0.2) is 0 Å². The van der Waals surface area contributed by atoms with Gasteiger partial charge in [-0.3, -0.25) is 0 Å². The molecule has 3 aromatic rings. The standard InChI is InChI=1S/C24H20O3/c1-27-17-23(24(25)26)22-13-7-6-11-20(22)10-3-2-8-18-14-15-19-9-4-5-12-21(19)16-18/h2-17H,1H3,(H,25,26). The molecular formula is C24H20O3. The number of hydrogen-bond acceptors (Lipinski definition) is 2. The first-order valence-electron chi connectivity index (χ1n) is 8.58. The number of methoxy groups -OCH3 is 1. The summed E-state index contributed by atoms with van der Waals surface area (Å²) >= 11 is 0. The van der Waals surface area contributed by atoms with E-state index in [0.29, 0.717) is 5.56 Å².